The molecule has 4 heteroatoms. The largest absolute Gasteiger partial charge is 0.372 e. The molecule has 12 heavy (non-hydrogen) atoms. The summed E-state index contributed by atoms with van der Waals surface area (Å²) in [7, 11) is 0. The smallest absolute Gasteiger partial charge is 0.246 e. The fourth-order valence-electron chi connectivity index (χ4n) is 0.587. The van der Waals surface area contributed by atoms with Crippen molar-refractivity contribution in [2.24, 2.45) is 5.73 Å². The van der Waals surface area contributed by atoms with Crippen molar-refractivity contribution >= 4 is 5.91 Å². The molecule has 0 heterocycles. The zero-order valence-corrected chi connectivity index (χ0v) is 7.21. The Labute approximate surface area is 72.8 Å². The summed E-state index contributed by atoms with van der Waals surface area (Å²) in [5.74, 6) is -0.119. The predicted octanol–water partition coefficient (Wildman–Crippen LogP) is -0.346. The lowest BCUT2D eigenvalue weighted by molar-refractivity contribution is -0.125. The molecule has 0 fully saturated rings. The number of amides is 1. The minimum atomic E-state index is -0.119. The maximum Gasteiger partial charge on any atom is 0.246 e. The first kappa shape index (κ1) is 11.1. The van der Waals surface area contributed by atoms with Gasteiger partial charge in [-0.15, -0.1) is 6.58 Å². The molecule has 0 saturated heterocycles. The van der Waals surface area contributed by atoms with Crippen LogP contribution in [0.15, 0.2) is 12.7 Å². The molecule has 0 aliphatic heterocycles. The van der Waals surface area contributed by atoms with Crippen LogP contribution in [0.1, 0.15) is 6.42 Å². The van der Waals surface area contributed by atoms with Crippen LogP contribution in [0.5, 0.6) is 0 Å². The molecule has 0 bridgehead atoms. The van der Waals surface area contributed by atoms with Crippen molar-refractivity contribution in [2.45, 2.75) is 6.42 Å². The fourth-order valence-corrected chi connectivity index (χ4v) is 0.587. The van der Waals surface area contributed by atoms with E-state index in [0.29, 0.717) is 19.7 Å². The Morgan fingerprint density at radius 1 is 1.67 bits per heavy atom. The monoisotopic (exact) mass is 172 g/mol. The van der Waals surface area contributed by atoms with Gasteiger partial charge in [-0.3, -0.25) is 4.79 Å². The maximum atomic E-state index is 10.8. The number of carbonyl (C=O) groups is 1. The molecule has 0 unspecified atom stereocenters. The quantitative estimate of drug-likeness (QED) is 0.407. The molecular weight excluding hydrogens is 156 g/mol. The van der Waals surface area contributed by atoms with Gasteiger partial charge in [0.05, 0.1) is 0 Å². The number of rotatable bonds is 7. The van der Waals surface area contributed by atoms with E-state index in [1.54, 1.807) is 6.08 Å². The SMILES string of the molecule is C=CCNC(=O)COCCCN. The van der Waals surface area contributed by atoms with Crippen LogP contribution in [0, 0.1) is 0 Å². The summed E-state index contributed by atoms with van der Waals surface area (Å²) in [4.78, 5) is 10.8. The Hall–Kier alpha value is -0.870. The van der Waals surface area contributed by atoms with Crippen LogP contribution in [-0.4, -0.2) is 32.2 Å². The summed E-state index contributed by atoms with van der Waals surface area (Å²) < 4.78 is 5.01. The van der Waals surface area contributed by atoms with Gasteiger partial charge in [-0.1, -0.05) is 6.08 Å². The second-order valence-corrected chi connectivity index (χ2v) is 2.29. The summed E-state index contributed by atoms with van der Waals surface area (Å²) in [6.07, 6.45) is 2.41. The summed E-state index contributed by atoms with van der Waals surface area (Å²) in [5, 5.41) is 2.60. The van der Waals surface area contributed by atoms with Crippen LogP contribution < -0.4 is 11.1 Å². The van der Waals surface area contributed by atoms with E-state index in [2.05, 4.69) is 11.9 Å². The van der Waals surface area contributed by atoms with Crippen molar-refractivity contribution in [1.82, 2.24) is 5.32 Å². The maximum absolute atomic E-state index is 10.8. The second kappa shape index (κ2) is 8.23. The van der Waals surface area contributed by atoms with E-state index in [1.807, 2.05) is 0 Å². The van der Waals surface area contributed by atoms with E-state index >= 15 is 0 Å². The Morgan fingerprint density at radius 3 is 3.00 bits per heavy atom. The number of hydrogen-bond donors (Lipinski definition) is 2. The van der Waals surface area contributed by atoms with Crippen molar-refractivity contribution in [3.05, 3.63) is 12.7 Å². The molecule has 0 aromatic heterocycles. The van der Waals surface area contributed by atoms with Crippen LogP contribution in [0.2, 0.25) is 0 Å². The van der Waals surface area contributed by atoms with Gasteiger partial charge in [-0.25, -0.2) is 0 Å². The Bertz CT molecular complexity index is 137. The third kappa shape index (κ3) is 7.24. The van der Waals surface area contributed by atoms with E-state index in [1.165, 1.54) is 0 Å². The Balaban J connectivity index is 3.13. The van der Waals surface area contributed by atoms with Crippen molar-refractivity contribution in [1.29, 1.82) is 0 Å². The van der Waals surface area contributed by atoms with Crippen molar-refractivity contribution in [3.8, 4) is 0 Å². The topological polar surface area (TPSA) is 64.3 Å². The molecule has 1 amide bonds. The van der Waals surface area contributed by atoms with E-state index in [-0.39, 0.29) is 12.5 Å². The lowest BCUT2D eigenvalue weighted by Crippen LogP contribution is -2.27. The average Bonchev–Trinajstić information content (AvgIpc) is 2.09. The number of nitrogens with one attached hydrogen (secondary N) is 1. The summed E-state index contributed by atoms with van der Waals surface area (Å²) in [6.45, 7) is 5.19. The highest BCUT2D eigenvalue weighted by Gasteiger charge is 1.97. The molecular formula is C8H16N2O2. The molecule has 0 aromatic rings. The first-order chi connectivity index (χ1) is 5.81. The molecule has 3 N–H and O–H groups in total. The van der Waals surface area contributed by atoms with Crippen molar-refractivity contribution < 1.29 is 9.53 Å². The lowest BCUT2D eigenvalue weighted by Gasteiger charge is -2.02. The number of hydrogen-bond acceptors (Lipinski definition) is 3. The van der Waals surface area contributed by atoms with Gasteiger partial charge in [0.25, 0.3) is 0 Å². The van der Waals surface area contributed by atoms with Crippen LogP contribution in [0.3, 0.4) is 0 Å². The molecule has 4 nitrogen and oxygen atoms in total. The number of carbonyl (C=O) groups excluding carboxylic acids is 1. The molecule has 0 radical (unpaired) electrons. The summed E-state index contributed by atoms with van der Waals surface area (Å²) >= 11 is 0. The first-order valence-corrected chi connectivity index (χ1v) is 3.96. The lowest BCUT2D eigenvalue weighted by atomic mass is 10.5. The van der Waals surface area contributed by atoms with Crippen LogP contribution in [0.4, 0.5) is 0 Å². The Kier molecular flexibility index (Phi) is 7.63. The van der Waals surface area contributed by atoms with E-state index in [0.717, 1.165) is 6.42 Å². The Morgan fingerprint density at radius 2 is 2.42 bits per heavy atom. The van der Waals surface area contributed by atoms with E-state index < -0.39 is 0 Å². The predicted molar refractivity (Wildman–Crippen MR) is 47.7 cm³/mol. The fraction of sp³-hybridized carbons (Fsp3) is 0.625. The van der Waals surface area contributed by atoms with Gasteiger partial charge in [-0.05, 0) is 13.0 Å². The van der Waals surface area contributed by atoms with E-state index in [9.17, 15) is 4.79 Å². The second-order valence-electron chi connectivity index (χ2n) is 2.29. The molecule has 0 aliphatic carbocycles. The number of ether oxygens (including phenoxy) is 1. The standard InChI is InChI=1S/C8H16N2O2/c1-2-5-10-8(11)7-12-6-3-4-9/h2H,1,3-7,9H2,(H,10,11). The highest BCUT2D eigenvalue weighted by Crippen LogP contribution is 1.79. The first-order valence-electron chi connectivity index (χ1n) is 3.96. The highest BCUT2D eigenvalue weighted by molar-refractivity contribution is 5.77. The zero-order chi connectivity index (χ0) is 9.23. The summed E-state index contributed by atoms with van der Waals surface area (Å²) in [6, 6.07) is 0. The molecule has 0 atom stereocenters. The van der Waals surface area contributed by atoms with Gasteiger partial charge in [-0.2, -0.15) is 0 Å². The summed E-state index contributed by atoms with van der Waals surface area (Å²) in [5.41, 5.74) is 5.23. The van der Waals surface area contributed by atoms with Crippen LogP contribution in [-0.2, 0) is 9.53 Å². The van der Waals surface area contributed by atoms with E-state index in [4.69, 9.17) is 10.5 Å². The van der Waals surface area contributed by atoms with Gasteiger partial charge in [0, 0.05) is 13.2 Å². The van der Waals surface area contributed by atoms with Crippen LogP contribution >= 0.6 is 0 Å². The van der Waals surface area contributed by atoms with Gasteiger partial charge >= 0.3 is 0 Å². The van der Waals surface area contributed by atoms with Gasteiger partial charge in [0.2, 0.25) is 5.91 Å². The minimum Gasteiger partial charge on any atom is -0.372 e. The normalized spacial score (nSPS) is 9.42. The minimum absolute atomic E-state index is 0.105. The third-order valence-electron chi connectivity index (χ3n) is 1.17. The van der Waals surface area contributed by atoms with Gasteiger partial charge < -0.3 is 15.8 Å². The van der Waals surface area contributed by atoms with Crippen molar-refractivity contribution in [3.63, 3.8) is 0 Å². The molecule has 0 aromatic carbocycles. The third-order valence-corrected chi connectivity index (χ3v) is 1.17. The molecule has 0 rings (SSSR count). The highest BCUT2D eigenvalue weighted by atomic mass is 16.5. The zero-order valence-electron chi connectivity index (χ0n) is 7.21. The van der Waals surface area contributed by atoms with Gasteiger partial charge in [0.1, 0.15) is 6.61 Å². The average molecular weight is 172 g/mol. The molecule has 0 aliphatic rings. The van der Waals surface area contributed by atoms with Crippen LogP contribution in [0.25, 0.3) is 0 Å². The van der Waals surface area contributed by atoms with Crippen molar-refractivity contribution in [2.75, 3.05) is 26.3 Å². The number of nitrogens with two attached hydrogens (primary N) is 1. The molecule has 0 spiro atoms. The van der Waals surface area contributed by atoms with Gasteiger partial charge in [0.15, 0.2) is 0 Å². The molecule has 0 saturated carbocycles. The molecule has 70 valence electrons.